The van der Waals surface area contributed by atoms with E-state index < -0.39 is 24.4 Å². The minimum Gasteiger partial charge on any atom is -0.368 e. The van der Waals surface area contributed by atoms with Gasteiger partial charge in [-0.1, -0.05) is 29.8 Å². The summed E-state index contributed by atoms with van der Waals surface area (Å²) in [4.78, 5) is 12.2. The highest BCUT2D eigenvalue weighted by Crippen LogP contribution is 2.46. The van der Waals surface area contributed by atoms with Crippen LogP contribution in [-0.2, 0) is 30.8 Å². The van der Waals surface area contributed by atoms with Crippen LogP contribution in [0.4, 0.5) is 5.82 Å². The zero-order valence-electron chi connectivity index (χ0n) is 15.8. The number of halogens is 1. The molecule has 11 heteroatoms. The van der Waals surface area contributed by atoms with Crippen molar-refractivity contribution in [3.05, 3.63) is 71.1 Å². The third-order valence-corrected chi connectivity index (χ3v) is 8.47. The van der Waals surface area contributed by atoms with Gasteiger partial charge in [-0.05, 0) is 23.8 Å². The molecule has 0 saturated carbocycles. The molecule has 1 aliphatic heterocycles. The average Bonchev–Trinajstić information content (AvgIpc) is 3.07. The van der Waals surface area contributed by atoms with Crippen molar-refractivity contribution in [2.45, 2.75) is 21.2 Å². The summed E-state index contributed by atoms with van der Waals surface area (Å²) in [6, 6.07) is 9.72. The summed E-state index contributed by atoms with van der Waals surface area (Å²) in [6.45, 7) is 0.0702. The van der Waals surface area contributed by atoms with Gasteiger partial charge in [0.15, 0.2) is 9.84 Å². The van der Waals surface area contributed by atoms with Gasteiger partial charge in [-0.3, -0.25) is 0 Å². The number of nitrogens with one attached hydrogen (secondary N) is 1. The van der Waals surface area contributed by atoms with E-state index in [0.717, 1.165) is 6.26 Å². The van der Waals surface area contributed by atoms with E-state index in [1.165, 1.54) is 30.7 Å². The second kappa shape index (κ2) is 7.29. The van der Waals surface area contributed by atoms with Crippen molar-refractivity contribution in [1.82, 2.24) is 15.0 Å². The van der Waals surface area contributed by atoms with Crippen molar-refractivity contribution in [3.63, 3.8) is 0 Å². The van der Waals surface area contributed by atoms with E-state index in [4.69, 9.17) is 11.6 Å². The Labute approximate surface area is 179 Å². The first-order chi connectivity index (χ1) is 14.1. The van der Waals surface area contributed by atoms with Gasteiger partial charge < -0.3 is 5.32 Å². The van der Waals surface area contributed by atoms with E-state index in [-0.39, 0.29) is 23.0 Å². The molecule has 1 unspecified atom stereocenters. The summed E-state index contributed by atoms with van der Waals surface area (Å²) in [5, 5.41) is 3.06. The quantitative estimate of drug-likeness (QED) is 0.571. The average molecular weight is 465 g/mol. The third kappa shape index (κ3) is 3.44. The Kier molecular flexibility index (Phi) is 5.03. The molecule has 0 fully saturated rings. The highest BCUT2D eigenvalue weighted by Gasteiger charge is 2.51. The monoisotopic (exact) mass is 464 g/mol. The Morgan fingerprint density at radius 2 is 1.70 bits per heavy atom. The lowest BCUT2D eigenvalue weighted by Gasteiger charge is -2.29. The lowest BCUT2D eigenvalue weighted by atomic mass is 9.95. The minimum atomic E-state index is -3.90. The molecule has 0 amide bonds. The number of hydrogen-bond acceptors (Lipinski definition) is 8. The number of fused-ring (bicyclic) bond motifs is 1. The van der Waals surface area contributed by atoms with E-state index in [1.54, 1.807) is 24.3 Å². The van der Waals surface area contributed by atoms with Crippen LogP contribution in [0, 0.1) is 0 Å². The number of rotatable bonds is 5. The molecule has 3 heterocycles. The fourth-order valence-corrected chi connectivity index (χ4v) is 6.20. The topological polar surface area (TPSA) is 119 Å². The summed E-state index contributed by atoms with van der Waals surface area (Å²) in [7, 11) is -7.47. The van der Waals surface area contributed by atoms with Gasteiger partial charge in [0.2, 0.25) is 15.0 Å². The molecule has 1 aromatic carbocycles. The lowest BCUT2D eigenvalue weighted by Crippen LogP contribution is -2.40. The molecule has 0 bridgehead atoms. The molecule has 3 aromatic rings. The van der Waals surface area contributed by atoms with Crippen LogP contribution in [0.3, 0.4) is 0 Å². The van der Waals surface area contributed by atoms with Gasteiger partial charge in [-0.2, -0.15) is 0 Å². The number of anilines is 1. The van der Waals surface area contributed by atoms with E-state index in [9.17, 15) is 16.8 Å². The van der Waals surface area contributed by atoms with Crippen molar-refractivity contribution >= 4 is 37.1 Å². The van der Waals surface area contributed by atoms with Gasteiger partial charge in [0.25, 0.3) is 0 Å². The molecule has 2 aromatic heterocycles. The first kappa shape index (κ1) is 20.7. The molecule has 1 aliphatic rings. The molecule has 8 nitrogen and oxygen atoms in total. The molecular weight excluding hydrogens is 448 g/mol. The van der Waals surface area contributed by atoms with Crippen LogP contribution in [0.1, 0.15) is 11.1 Å². The summed E-state index contributed by atoms with van der Waals surface area (Å²) < 4.78 is 49.5. The number of hydrogen-bond donors (Lipinski definition) is 1. The predicted octanol–water partition coefficient (Wildman–Crippen LogP) is 2.27. The summed E-state index contributed by atoms with van der Waals surface area (Å²) in [5.74, 6) is 0.438. The Bertz CT molecular complexity index is 1310. The Morgan fingerprint density at radius 1 is 1.03 bits per heavy atom. The molecular formula is C19H17ClN4O4S2. The smallest absolute Gasteiger partial charge is 0.246 e. The summed E-state index contributed by atoms with van der Waals surface area (Å²) in [5.41, 5.74) is 0.919. The molecule has 0 radical (unpaired) electrons. The molecule has 1 atom stereocenters. The zero-order chi connectivity index (χ0) is 21.6. The highest BCUT2D eigenvalue weighted by atomic mass is 35.5. The standard InChI is InChI=1S/C19H17ClN4O4S2/c1-29(25,26)18-22-9-13(10-23-18)8-19(30(27,28)15-5-3-2-4-6-15)12-24-17-16(19)7-14(20)11-21-17/h2-7,9-11H,8,12H2,1H3,(H,21,24). The van der Waals surface area contributed by atoms with Gasteiger partial charge in [0.1, 0.15) is 10.6 Å². The first-order valence-corrected chi connectivity index (χ1v) is 12.6. The van der Waals surface area contributed by atoms with Gasteiger partial charge in [-0.25, -0.2) is 31.8 Å². The highest BCUT2D eigenvalue weighted by molar-refractivity contribution is 7.92. The molecule has 156 valence electrons. The zero-order valence-corrected chi connectivity index (χ0v) is 18.2. The lowest BCUT2D eigenvalue weighted by molar-refractivity contribution is 0.533. The van der Waals surface area contributed by atoms with E-state index in [2.05, 4.69) is 20.3 Å². The van der Waals surface area contributed by atoms with Crippen molar-refractivity contribution in [3.8, 4) is 0 Å². The minimum absolute atomic E-state index is 0.0102. The fourth-order valence-electron chi connectivity index (χ4n) is 3.52. The maximum atomic E-state index is 13.8. The number of benzene rings is 1. The van der Waals surface area contributed by atoms with E-state index in [1.807, 2.05) is 0 Å². The van der Waals surface area contributed by atoms with Gasteiger partial charge in [-0.15, -0.1) is 0 Å². The van der Waals surface area contributed by atoms with Crippen LogP contribution < -0.4 is 5.32 Å². The first-order valence-electron chi connectivity index (χ1n) is 8.84. The second-order valence-corrected chi connectivity index (χ2v) is 11.6. The molecule has 0 spiro atoms. The Morgan fingerprint density at radius 3 is 2.33 bits per heavy atom. The van der Waals surface area contributed by atoms with Crippen LogP contribution in [0.25, 0.3) is 0 Å². The molecule has 0 saturated heterocycles. The maximum Gasteiger partial charge on any atom is 0.246 e. The summed E-state index contributed by atoms with van der Waals surface area (Å²) >= 11 is 6.14. The number of pyridine rings is 1. The normalized spacial score (nSPS) is 18.6. The van der Waals surface area contributed by atoms with Gasteiger partial charge >= 0.3 is 0 Å². The van der Waals surface area contributed by atoms with Crippen molar-refractivity contribution in [1.29, 1.82) is 0 Å². The fraction of sp³-hybridized carbons (Fsp3) is 0.211. The molecule has 1 N–H and O–H groups in total. The molecule has 30 heavy (non-hydrogen) atoms. The van der Waals surface area contributed by atoms with Crippen LogP contribution in [0.5, 0.6) is 0 Å². The van der Waals surface area contributed by atoms with Crippen molar-refractivity contribution in [2.75, 3.05) is 18.1 Å². The Balaban J connectivity index is 1.88. The number of sulfone groups is 2. The van der Waals surface area contributed by atoms with Crippen LogP contribution in [0.15, 0.2) is 65.0 Å². The largest absolute Gasteiger partial charge is 0.368 e. The number of aromatic nitrogens is 3. The van der Waals surface area contributed by atoms with E-state index in [0.29, 0.717) is 22.0 Å². The SMILES string of the molecule is CS(=O)(=O)c1ncc(CC2(S(=O)(=O)c3ccccc3)CNc3ncc(Cl)cc32)cn1. The molecule has 0 aliphatic carbocycles. The molecule has 4 rings (SSSR count). The van der Waals surface area contributed by atoms with Crippen molar-refractivity contribution in [2.24, 2.45) is 0 Å². The van der Waals surface area contributed by atoms with Gasteiger partial charge in [0.05, 0.1) is 9.92 Å². The van der Waals surface area contributed by atoms with Crippen LogP contribution >= 0.6 is 11.6 Å². The summed E-state index contributed by atoms with van der Waals surface area (Å²) in [6.07, 6.45) is 5.14. The van der Waals surface area contributed by atoms with Gasteiger partial charge in [0, 0.05) is 43.4 Å². The third-order valence-electron chi connectivity index (χ3n) is 4.96. The predicted molar refractivity (Wildman–Crippen MR) is 112 cm³/mol. The van der Waals surface area contributed by atoms with Crippen molar-refractivity contribution < 1.29 is 16.8 Å². The Hall–Kier alpha value is -2.56. The van der Waals surface area contributed by atoms with E-state index >= 15 is 0 Å². The second-order valence-electron chi connectivity index (χ2n) is 7.04. The maximum absolute atomic E-state index is 13.8. The van der Waals surface area contributed by atoms with Crippen LogP contribution in [-0.4, -0.2) is 44.6 Å². The number of nitrogens with zero attached hydrogens (tertiary/aromatic N) is 3. The van der Waals surface area contributed by atoms with Crippen LogP contribution in [0.2, 0.25) is 5.02 Å².